The molecule has 4 N–H and O–H groups in total. The molecule has 0 aliphatic heterocycles. The molecule has 0 bridgehead atoms. The molecule has 5 nitrogen and oxygen atoms in total. The Bertz CT molecular complexity index is 241. The van der Waals surface area contributed by atoms with Gasteiger partial charge in [-0.2, -0.15) is 0 Å². The fraction of sp³-hybridized carbons (Fsp3) is 0.800. The molecule has 1 amide bonds. The molecule has 0 aliphatic carbocycles. The van der Waals surface area contributed by atoms with Crippen LogP contribution in [-0.2, 0) is 4.79 Å². The lowest BCUT2D eigenvalue weighted by Crippen LogP contribution is -2.47. The Balaban J connectivity index is 4.46. The molecule has 88 valence electrons. The number of oxime groups is 1. The van der Waals surface area contributed by atoms with Gasteiger partial charge in [-0.3, -0.25) is 4.79 Å². The molecule has 0 spiro atoms. The predicted octanol–water partition coefficient (Wildman–Crippen LogP) is 1.07. The summed E-state index contributed by atoms with van der Waals surface area (Å²) in [7, 11) is 0. The summed E-state index contributed by atoms with van der Waals surface area (Å²) in [6.07, 6.45) is 2.45. The van der Waals surface area contributed by atoms with E-state index in [1.54, 1.807) is 6.92 Å². The van der Waals surface area contributed by atoms with Gasteiger partial charge in [0.25, 0.3) is 0 Å². The molecule has 1 atom stereocenters. The average molecular weight is 215 g/mol. The SMILES string of the molecule is CCCCNC(=O)C(C)(CC)C(N)=NO. The van der Waals surface area contributed by atoms with E-state index in [0.717, 1.165) is 12.8 Å². The molecule has 15 heavy (non-hydrogen) atoms. The third-order valence-electron chi connectivity index (χ3n) is 2.70. The Morgan fingerprint density at radius 1 is 1.53 bits per heavy atom. The molecule has 1 unspecified atom stereocenters. The quantitative estimate of drug-likeness (QED) is 0.203. The fourth-order valence-electron chi connectivity index (χ4n) is 1.14. The van der Waals surface area contributed by atoms with E-state index in [0.29, 0.717) is 13.0 Å². The highest BCUT2D eigenvalue weighted by Crippen LogP contribution is 2.21. The summed E-state index contributed by atoms with van der Waals surface area (Å²) in [6, 6.07) is 0. The van der Waals surface area contributed by atoms with Crippen molar-refractivity contribution in [1.82, 2.24) is 5.32 Å². The first kappa shape index (κ1) is 13.7. The van der Waals surface area contributed by atoms with Gasteiger partial charge in [-0.15, -0.1) is 0 Å². The van der Waals surface area contributed by atoms with Crippen molar-refractivity contribution in [3.05, 3.63) is 0 Å². The largest absolute Gasteiger partial charge is 0.409 e. The van der Waals surface area contributed by atoms with Crippen molar-refractivity contribution < 1.29 is 10.0 Å². The molecule has 0 aromatic rings. The Labute approximate surface area is 90.7 Å². The van der Waals surface area contributed by atoms with Crippen molar-refractivity contribution in [3.8, 4) is 0 Å². The minimum absolute atomic E-state index is 0.0426. The maximum atomic E-state index is 11.8. The molecule has 0 saturated carbocycles. The van der Waals surface area contributed by atoms with Gasteiger partial charge < -0.3 is 16.3 Å². The molecule has 0 aliphatic rings. The second-order valence-corrected chi connectivity index (χ2v) is 3.78. The van der Waals surface area contributed by atoms with Crippen molar-refractivity contribution in [3.63, 3.8) is 0 Å². The van der Waals surface area contributed by atoms with E-state index in [9.17, 15) is 4.79 Å². The standard InChI is InChI=1S/C10H21N3O2/c1-4-6-7-12-9(14)10(3,5-2)8(11)13-15/h15H,4-7H2,1-3H3,(H2,11,13)(H,12,14). The molecule has 0 heterocycles. The first-order chi connectivity index (χ1) is 7.02. The summed E-state index contributed by atoms with van der Waals surface area (Å²) < 4.78 is 0. The topological polar surface area (TPSA) is 87.7 Å². The van der Waals surface area contributed by atoms with Crippen molar-refractivity contribution in [1.29, 1.82) is 0 Å². The number of hydrogen-bond donors (Lipinski definition) is 3. The summed E-state index contributed by atoms with van der Waals surface area (Å²) in [6.45, 7) is 6.18. The molecule has 5 heteroatoms. The van der Waals surface area contributed by atoms with E-state index in [1.165, 1.54) is 0 Å². The van der Waals surface area contributed by atoms with Gasteiger partial charge in [0.15, 0.2) is 5.84 Å². The van der Waals surface area contributed by atoms with Crippen LogP contribution in [0.3, 0.4) is 0 Å². The van der Waals surface area contributed by atoms with E-state index in [1.807, 2.05) is 6.92 Å². The molecule has 0 aromatic carbocycles. The fourth-order valence-corrected chi connectivity index (χ4v) is 1.14. The minimum atomic E-state index is -0.914. The van der Waals surface area contributed by atoms with E-state index >= 15 is 0 Å². The molecule has 0 rings (SSSR count). The highest BCUT2D eigenvalue weighted by Gasteiger charge is 2.35. The van der Waals surface area contributed by atoms with Crippen LogP contribution in [0.1, 0.15) is 40.0 Å². The number of carbonyl (C=O) groups excluding carboxylic acids is 1. The zero-order valence-corrected chi connectivity index (χ0v) is 9.71. The number of hydrogen-bond acceptors (Lipinski definition) is 3. The maximum Gasteiger partial charge on any atom is 0.233 e. The van der Waals surface area contributed by atoms with Crippen LogP contribution in [0.25, 0.3) is 0 Å². The molecule has 0 aromatic heterocycles. The van der Waals surface area contributed by atoms with Crippen molar-refractivity contribution >= 4 is 11.7 Å². The van der Waals surface area contributed by atoms with Gasteiger partial charge in [-0.1, -0.05) is 25.4 Å². The second-order valence-electron chi connectivity index (χ2n) is 3.78. The lowest BCUT2D eigenvalue weighted by atomic mass is 9.85. The van der Waals surface area contributed by atoms with Gasteiger partial charge in [0.1, 0.15) is 5.41 Å². The van der Waals surface area contributed by atoms with Crippen molar-refractivity contribution in [2.75, 3.05) is 6.54 Å². The van der Waals surface area contributed by atoms with E-state index in [2.05, 4.69) is 17.4 Å². The highest BCUT2D eigenvalue weighted by molar-refractivity contribution is 6.06. The summed E-state index contributed by atoms with van der Waals surface area (Å²) in [5, 5.41) is 14.3. The number of amidine groups is 1. The smallest absolute Gasteiger partial charge is 0.233 e. The van der Waals surface area contributed by atoms with Gasteiger partial charge in [0, 0.05) is 6.54 Å². The van der Waals surface area contributed by atoms with Crippen LogP contribution in [0.2, 0.25) is 0 Å². The first-order valence-corrected chi connectivity index (χ1v) is 5.29. The molecule has 0 radical (unpaired) electrons. The third-order valence-corrected chi connectivity index (χ3v) is 2.70. The monoisotopic (exact) mass is 215 g/mol. The Morgan fingerprint density at radius 2 is 2.13 bits per heavy atom. The highest BCUT2D eigenvalue weighted by atomic mass is 16.4. The Hall–Kier alpha value is -1.26. The summed E-state index contributed by atoms with van der Waals surface area (Å²) in [5.41, 5.74) is 4.59. The van der Waals surface area contributed by atoms with Gasteiger partial charge in [0.05, 0.1) is 0 Å². The molecular weight excluding hydrogens is 194 g/mol. The van der Waals surface area contributed by atoms with Crippen LogP contribution >= 0.6 is 0 Å². The minimum Gasteiger partial charge on any atom is -0.409 e. The number of rotatable bonds is 6. The van der Waals surface area contributed by atoms with E-state index in [4.69, 9.17) is 10.9 Å². The Morgan fingerprint density at radius 3 is 2.53 bits per heavy atom. The molecular formula is C10H21N3O2. The van der Waals surface area contributed by atoms with Gasteiger partial charge in [-0.05, 0) is 19.8 Å². The van der Waals surface area contributed by atoms with Crippen molar-refractivity contribution in [2.24, 2.45) is 16.3 Å². The zero-order chi connectivity index (χ0) is 11.9. The van der Waals surface area contributed by atoms with Crippen LogP contribution in [-0.4, -0.2) is 23.5 Å². The average Bonchev–Trinajstić information content (AvgIpc) is 2.26. The number of carbonyl (C=O) groups is 1. The van der Waals surface area contributed by atoms with Gasteiger partial charge in [-0.25, -0.2) is 0 Å². The predicted molar refractivity (Wildman–Crippen MR) is 59.7 cm³/mol. The van der Waals surface area contributed by atoms with E-state index in [-0.39, 0.29) is 11.7 Å². The first-order valence-electron chi connectivity index (χ1n) is 5.29. The van der Waals surface area contributed by atoms with Crippen molar-refractivity contribution in [2.45, 2.75) is 40.0 Å². The van der Waals surface area contributed by atoms with Crippen LogP contribution in [0.5, 0.6) is 0 Å². The van der Waals surface area contributed by atoms with Crippen LogP contribution < -0.4 is 11.1 Å². The summed E-state index contributed by atoms with van der Waals surface area (Å²) in [5.74, 6) is -0.229. The maximum absolute atomic E-state index is 11.8. The van der Waals surface area contributed by atoms with Crippen LogP contribution in [0.4, 0.5) is 0 Å². The number of unbranched alkanes of at least 4 members (excludes halogenated alkanes) is 1. The molecule has 0 saturated heterocycles. The number of nitrogens with one attached hydrogen (secondary N) is 1. The number of amides is 1. The third kappa shape index (κ3) is 3.42. The lowest BCUT2D eigenvalue weighted by Gasteiger charge is -2.25. The van der Waals surface area contributed by atoms with Gasteiger partial charge in [0.2, 0.25) is 5.91 Å². The molecule has 0 fully saturated rings. The van der Waals surface area contributed by atoms with E-state index < -0.39 is 5.41 Å². The number of nitrogens with two attached hydrogens (primary N) is 1. The lowest BCUT2D eigenvalue weighted by molar-refractivity contribution is -0.127. The van der Waals surface area contributed by atoms with Crippen LogP contribution in [0.15, 0.2) is 5.16 Å². The normalized spacial score (nSPS) is 15.8. The zero-order valence-electron chi connectivity index (χ0n) is 9.71. The Kier molecular flexibility index (Phi) is 5.74. The summed E-state index contributed by atoms with van der Waals surface area (Å²) >= 11 is 0. The number of nitrogens with zero attached hydrogens (tertiary/aromatic N) is 1. The second kappa shape index (κ2) is 6.27. The summed E-state index contributed by atoms with van der Waals surface area (Å²) in [4.78, 5) is 11.8. The van der Waals surface area contributed by atoms with Gasteiger partial charge >= 0.3 is 0 Å². The van der Waals surface area contributed by atoms with Crippen LogP contribution in [0, 0.1) is 5.41 Å².